The molecule has 160 valence electrons. The van der Waals surface area contributed by atoms with Crippen LogP contribution < -0.4 is 4.72 Å². The van der Waals surface area contributed by atoms with E-state index in [9.17, 15) is 18.0 Å². The minimum absolute atomic E-state index is 0.0148. The summed E-state index contributed by atoms with van der Waals surface area (Å²) in [5.74, 6) is 0.117. The largest absolute Gasteiger partial charge is 0.343 e. The molecule has 2 fully saturated rings. The first-order chi connectivity index (χ1) is 13.9. The number of amides is 2. The molecule has 0 bridgehead atoms. The minimum Gasteiger partial charge on any atom is -0.343 e. The van der Waals surface area contributed by atoms with Crippen molar-refractivity contribution >= 4 is 21.8 Å². The van der Waals surface area contributed by atoms with E-state index in [0.717, 1.165) is 26.2 Å². The third-order valence-electron chi connectivity index (χ3n) is 5.70. The molecule has 9 heteroatoms. The average molecular weight is 423 g/mol. The van der Waals surface area contributed by atoms with Crippen LogP contribution in [0, 0.1) is 5.92 Å². The molecule has 2 aliphatic heterocycles. The number of likely N-dealkylation sites (tertiary alicyclic amines) is 1. The van der Waals surface area contributed by atoms with Crippen LogP contribution in [-0.4, -0.2) is 87.8 Å². The summed E-state index contributed by atoms with van der Waals surface area (Å²) in [4.78, 5) is 31.2. The van der Waals surface area contributed by atoms with Gasteiger partial charge in [0.05, 0.1) is 4.90 Å². The summed E-state index contributed by atoms with van der Waals surface area (Å²) in [6.07, 6.45) is 1.46. The smallest absolute Gasteiger partial charge is 0.240 e. The molecule has 8 nitrogen and oxygen atoms in total. The summed E-state index contributed by atoms with van der Waals surface area (Å²) in [6, 6.07) is 8.11. The van der Waals surface area contributed by atoms with E-state index in [2.05, 4.69) is 16.7 Å². The number of hydrogen-bond donors (Lipinski definition) is 1. The van der Waals surface area contributed by atoms with Gasteiger partial charge in [0.15, 0.2) is 0 Å². The zero-order valence-corrected chi connectivity index (χ0v) is 17.7. The maximum atomic E-state index is 12.7. The zero-order chi connectivity index (χ0) is 20.9. The van der Waals surface area contributed by atoms with Gasteiger partial charge in [-0.05, 0) is 32.0 Å². The molecule has 1 aromatic rings. The highest BCUT2D eigenvalue weighted by Gasteiger charge is 2.31. The van der Waals surface area contributed by atoms with E-state index >= 15 is 0 Å². The van der Waals surface area contributed by atoms with Gasteiger partial charge >= 0.3 is 0 Å². The Hall–Kier alpha value is -1.97. The monoisotopic (exact) mass is 422 g/mol. The van der Waals surface area contributed by atoms with E-state index in [1.807, 2.05) is 4.90 Å². The Balaban J connectivity index is 1.40. The highest BCUT2D eigenvalue weighted by molar-refractivity contribution is 7.89. The second kappa shape index (κ2) is 9.69. The van der Waals surface area contributed by atoms with Gasteiger partial charge in [-0.2, -0.15) is 0 Å². The number of likely N-dealkylation sites (N-methyl/N-ethyl adjacent to an activating group) is 1. The van der Waals surface area contributed by atoms with E-state index < -0.39 is 10.0 Å². The predicted molar refractivity (Wildman–Crippen MR) is 110 cm³/mol. The number of carbonyl (C=O) groups is 2. The molecule has 2 aliphatic rings. The molecule has 0 aliphatic carbocycles. The van der Waals surface area contributed by atoms with Crippen molar-refractivity contribution in [3.63, 3.8) is 0 Å². The summed E-state index contributed by atoms with van der Waals surface area (Å²) in [5, 5.41) is 0. The first-order valence-electron chi connectivity index (χ1n) is 10.2. The molecule has 1 aromatic carbocycles. The van der Waals surface area contributed by atoms with Crippen LogP contribution in [0.15, 0.2) is 35.2 Å². The summed E-state index contributed by atoms with van der Waals surface area (Å²) >= 11 is 0. The Bertz CT molecular complexity index is 799. The highest BCUT2D eigenvalue weighted by Crippen LogP contribution is 2.21. The number of piperazine rings is 1. The second-order valence-corrected chi connectivity index (χ2v) is 9.51. The van der Waals surface area contributed by atoms with Gasteiger partial charge in [0.25, 0.3) is 0 Å². The number of carbonyl (C=O) groups excluding carboxylic acids is 2. The quantitative estimate of drug-likeness (QED) is 0.715. The topological polar surface area (TPSA) is 90.0 Å². The minimum atomic E-state index is -3.60. The number of nitrogens with zero attached hydrogens (tertiary/aromatic N) is 3. The van der Waals surface area contributed by atoms with Crippen LogP contribution >= 0.6 is 0 Å². The van der Waals surface area contributed by atoms with Crippen molar-refractivity contribution < 1.29 is 18.0 Å². The molecule has 1 N–H and O–H groups in total. The van der Waals surface area contributed by atoms with Crippen molar-refractivity contribution in [1.29, 1.82) is 0 Å². The molecular formula is C20H30N4O4S. The van der Waals surface area contributed by atoms with E-state index in [0.29, 0.717) is 25.9 Å². The van der Waals surface area contributed by atoms with Crippen molar-refractivity contribution in [3.8, 4) is 0 Å². The number of hydrogen-bond acceptors (Lipinski definition) is 5. The number of sulfonamides is 1. The fourth-order valence-electron chi connectivity index (χ4n) is 3.79. The Kier molecular flexibility index (Phi) is 7.26. The molecule has 2 amide bonds. The van der Waals surface area contributed by atoms with Crippen molar-refractivity contribution in [2.75, 3.05) is 52.9 Å². The van der Waals surface area contributed by atoms with Crippen molar-refractivity contribution in [2.24, 2.45) is 5.92 Å². The van der Waals surface area contributed by atoms with Gasteiger partial charge in [-0.15, -0.1) is 0 Å². The van der Waals surface area contributed by atoms with Crippen LogP contribution in [-0.2, 0) is 19.6 Å². The first kappa shape index (κ1) is 21.7. The Morgan fingerprint density at radius 2 is 1.59 bits per heavy atom. The number of piperidine rings is 1. The summed E-state index contributed by atoms with van der Waals surface area (Å²) in [5.41, 5.74) is 0. The Morgan fingerprint density at radius 1 is 0.966 bits per heavy atom. The predicted octanol–water partition coefficient (Wildman–Crippen LogP) is 0.368. The molecule has 0 radical (unpaired) electrons. The number of benzene rings is 1. The van der Waals surface area contributed by atoms with Crippen molar-refractivity contribution in [1.82, 2.24) is 19.4 Å². The lowest BCUT2D eigenvalue weighted by Gasteiger charge is -2.37. The molecule has 2 saturated heterocycles. The van der Waals surface area contributed by atoms with Gasteiger partial charge in [-0.1, -0.05) is 18.2 Å². The molecule has 2 heterocycles. The summed E-state index contributed by atoms with van der Waals surface area (Å²) in [6.45, 7) is 4.52. The van der Waals surface area contributed by atoms with Crippen LogP contribution in [0.4, 0.5) is 0 Å². The molecule has 0 aromatic heterocycles. The highest BCUT2D eigenvalue weighted by atomic mass is 32.2. The van der Waals surface area contributed by atoms with Crippen LogP contribution in [0.2, 0.25) is 0 Å². The van der Waals surface area contributed by atoms with Crippen LogP contribution in [0.1, 0.15) is 19.3 Å². The average Bonchev–Trinajstić information content (AvgIpc) is 2.74. The molecule has 0 saturated carbocycles. The number of nitrogens with one attached hydrogen (secondary N) is 1. The Morgan fingerprint density at radius 3 is 2.21 bits per heavy atom. The molecular weight excluding hydrogens is 392 g/mol. The molecule has 0 spiro atoms. The standard InChI is InChI=1S/C20H30N4O4S/c1-22-13-15-24(16-14-22)20(26)17-8-11-23(12-9-17)19(25)7-10-21-29(27,28)18-5-3-2-4-6-18/h2-6,17,21H,7-16H2,1H3. The van der Waals surface area contributed by atoms with Crippen LogP contribution in [0.3, 0.4) is 0 Å². The number of rotatable bonds is 6. The first-order valence-corrected chi connectivity index (χ1v) is 11.6. The van der Waals surface area contributed by atoms with E-state index in [-0.39, 0.29) is 35.6 Å². The Labute approximate surface area is 172 Å². The third kappa shape index (κ3) is 5.77. The van der Waals surface area contributed by atoms with E-state index in [1.54, 1.807) is 23.1 Å². The van der Waals surface area contributed by atoms with Gasteiger partial charge in [-0.25, -0.2) is 13.1 Å². The normalized spacial score (nSPS) is 19.3. The molecule has 3 rings (SSSR count). The fourth-order valence-corrected chi connectivity index (χ4v) is 4.85. The maximum Gasteiger partial charge on any atom is 0.240 e. The lowest BCUT2D eigenvalue weighted by molar-refractivity contribution is -0.141. The molecule has 0 atom stereocenters. The second-order valence-electron chi connectivity index (χ2n) is 7.74. The third-order valence-corrected chi connectivity index (χ3v) is 7.17. The van der Waals surface area contributed by atoms with E-state index in [4.69, 9.17) is 0 Å². The van der Waals surface area contributed by atoms with Gasteiger partial charge < -0.3 is 14.7 Å². The van der Waals surface area contributed by atoms with Gasteiger partial charge in [0.1, 0.15) is 0 Å². The summed E-state index contributed by atoms with van der Waals surface area (Å²) in [7, 11) is -1.54. The van der Waals surface area contributed by atoms with E-state index in [1.165, 1.54) is 12.1 Å². The maximum absolute atomic E-state index is 12.7. The fraction of sp³-hybridized carbons (Fsp3) is 0.600. The van der Waals surface area contributed by atoms with Gasteiger partial charge in [-0.3, -0.25) is 9.59 Å². The van der Waals surface area contributed by atoms with Gasteiger partial charge in [0, 0.05) is 58.2 Å². The lowest BCUT2D eigenvalue weighted by Crippen LogP contribution is -2.51. The van der Waals surface area contributed by atoms with Crippen molar-refractivity contribution in [2.45, 2.75) is 24.2 Å². The van der Waals surface area contributed by atoms with Crippen LogP contribution in [0.5, 0.6) is 0 Å². The molecule has 0 unspecified atom stereocenters. The molecule has 29 heavy (non-hydrogen) atoms. The SMILES string of the molecule is CN1CCN(C(=O)C2CCN(C(=O)CCNS(=O)(=O)c3ccccc3)CC2)CC1. The van der Waals surface area contributed by atoms with Gasteiger partial charge in [0.2, 0.25) is 21.8 Å². The van der Waals surface area contributed by atoms with Crippen molar-refractivity contribution in [3.05, 3.63) is 30.3 Å². The zero-order valence-electron chi connectivity index (χ0n) is 16.9. The van der Waals surface area contributed by atoms with Crippen LogP contribution in [0.25, 0.3) is 0 Å². The lowest BCUT2D eigenvalue weighted by atomic mass is 9.94. The summed E-state index contributed by atoms with van der Waals surface area (Å²) < 4.78 is 26.9.